The Morgan fingerprint density at radius 1 is 0.967 bits per heavy atom. The predicted octanol–water partition coefficient (Wildman–Crippen LogP) is 5.96. The van der Waals surface area contributed by atoms with Crippen molar-refractivity contribution in [2.75, 3.05) is 13.2 Å². The van der Waals surface area contributed by atoms with Gasteiger partial charge in [0.05, 0.1) is 6.61 Å². The smallest absolute Gasteiger partial charge is 0.308 e. The molecule has 2 rings (SSSR count). The summed E-state index contributed by atoms with van der Waals surface area (Å²) >= 11 is 0. The van der Waals surface area contributed by atoms with Crippen LogP contribution < -0.4 is 9.47 Å². The molecule has 164 valence electrons. The highest BCUT2D eigenvalue weighted by molar-refractivity contribution is 5.71. The minimum absolute atomic E-state index is 0.0981. The van der Waals surface area contributed by atoms with Crippen molar-refractivity contribution >= 4 is 5.97 Å². The lowest BCUT2D eigenvalue weighted by molar-refractivity contribution is -0.131. The molecule has 0 spiro atoms. The lowest BCUT2D eigenvalue weighted by Gasteiger charge is -2.33. The van der Waals surface area contributed by atoms with Gasteiger partial charge < -0.3 is 9.47 Å². The summed E-state index contributed by atoms with van der Waals surface area (Å²) in [6.07, 6.45) is 0.922. The minimum atomic E-state index is -0.308. The molecule has 2 aromatic carbocycles. The van der Waals surface area contributed by atoms with Crippen LogP contribution in [0.2, 0.25) is 0 Å². The van der Waals surface area contributed by atoms with Crippen molar-refractivity contribution in [1.29, 1.82) is 0 Å². The fourth-order valence-corrected chi connectivity index (χ4v) is 4.23. The normalized spacial score (nSPS) is 12.5. The summed E-state index contributed by atoms with van der Waals surface area (Å²) in [5, 5.41) is 0. The van der Waals surface area contributed by atoms with Gasteiger partial charge in [-0.2, -0.15) is 0 Å². The van der Waals surface area contributed by atoms with E-state index in [9.17, 15) is 4.79 Å². The van der Waals surface area contributed by atoms with E-state index in [1.807, 2.05) is 25.1 Å². The van der Waals surface area contributed by atoms with Gasteiger partial charge in [0.25, 0.3) is 0 Å². The number of carbonyl (C=O) groups is 1. The van der Waals surface area contributed by atoms with E-state index in [0.717, 1.165) is 29.8 Å². The molecule has 30 heavy (non-hydrogen) atoms. The molecule has 0 aliphatic rings. The highest BCUT2D eigenvalue weighted by atomic mass is 16.5. The second kappa shape index (κ2) is 11.2. The molecule has 4 heteroatoms. The molecule has 0 aliphatic heterocycles. The number of carbonyl (C=O) groups excluding carboxylic acids is 1. The molecule has 0 aliphatic carbocycles. The number of ether oxygens (including phenoxy) is 2. The molecule has 0 heterocycles. The Morgan fingerprint density at radius 2 is 1.57 bits per heavy atom. The van der Waals surface area contributed by atoms with Gasteiger partial charge in [0.2, 0.25) is 0 Å². The monoisotopic (exact) mass is 411 g/mol. The van der Waals surface area contributed by atoms with Gasteiger partial charge in [-0.3, -0.25) is 9.69 Å². The third-order valence-corrected chi connectivity index (χ3v) is 5.53. The average molecular weight is 412 g/mol. The van der Waals surface area contributed by atoms with Gasteiger partial charge in [-0.05, 0) is 77.8 Å². The quantitative estimate of drug-likeness (QED) is 0.357. The second-order valence-corrected chi connectivity index (χ2v) is 8.30. The first-order valence-electron chi connectivity index (χ1n) is 11.0. The molecule has 0 saturated heterocycles. The Labute approximate surface area is 182 Å². The van der Waals surface area contributed by atoms with E-state index in [4.69, 9.17) is 9.47 Å². The number of hydrogen-bond acceptors (Lipinski definition) is 4. The SMILES string of the molecule is CCOc1ccc(OC(C)=O)c(C(CCN(C(C)C)C(C)C)c2ccccc2)c1C. The van der Waals surface area contributed by atoms with Crippen LogP contribution in [0.4, 0.5) is 0 Å². The van der Waals surface area contributed by atoms with E-state index in [0.29, 0.717) is 24.4 Å². The third-order valence-electron chi connectivity index (χ3n) is 5.53. The van der Waals surface area contributed by atoms with Crippen molar-refractivity contribution in [3.8, 4) is 11.5 Å². The summed E-state index contributed by atoms with van der Waals surface area (Å²) in [5.41, 5.74) is 3.29. The van der Waals surface area contributed by atoms with E-state index in [1.165, 1.54) is 12.5 Å². The number of esters is 1. The minimum Gasteiger partial charge on any atom is -0.494 e. The van der Waals surface area contributed by atoms with Crippen LogP contribution in [0.1, 0.15) is 70.6 Å². The van der Waals surface area contributed by atoms with Gasteiger partial charge >= 0.3 is 5.97 Å². The standard InChI is InChI=1S/C26H37NO3/c1-8-29-24-14-15-25(30-21(7)28)26(20(24)6)23(22-12-10-9-11-13-22)16-17-27(18(2)3)19(4)5/h9-15,18-19,23H,8,16-17H2,1-7H3. The molecule has 0 fully saturated rings. The highest BCUT2D eigenvalue weighted by Crippen LogP contribution is 2.41. The van der Waals surface area contributed by atoms with Crippen molar-refractivity contribution in [2.45, 2.75) is 72.9 Å². The van der Waals surface area contributed by atoms with E-state index in [-0.39, 0.29) is 11.9 Å². The molecule has 0 amide bonds. The number of hydrogen-bond donors (Lipinski definition) is 0. The zero-order valence-electron chi connectivity index (χ0n) is 19.6. The van der Waals surface area contributed by atoms with Crippen LogP contribution in [-0.4, -0.2) is 36.1 Å². The predicted molar refractivity (Wildman–Crippen MR) is 124 cm³/mol. The van der Waals surface area contributed by atoms with Gasteiger partial charge in [-0.25, -0.2) is 0 Å². The summed E-state index contributed by atoms with van der Waals surface area (Å²) in [6, 6.07) is 15.2. The topological polar surface area (TPSA) is 38.8 Å². The maximum absolute atomic E-state index is 11.8. The molecule has 2 aromatic rings. The Bertz CT molecular complexity index is 807. The zero-order chi connectivity index (χ0) is 22.3. The Balaban J connectivity index is 2.56. The summed E-state index contributed by atoms with van der Waals surface area (Å²) in [6.45, 7) is 16.0. The average Bonchev–Trinajstić information content (AvgIpc) is 2.68. The molecule has 1 atom stereocenters. The molecular weight excluding hydrogens is 374 g/mol. The van der Waals surface area contributed by atoms with Crippen molar-refractivity contribution in [3.05, 3.63) is 59.2 Å². The molecule has 0 bridgehead atoms. The van der Waals surface area contributed by atoms with E-state index < -0.39 is 0 Å². The first-order valence-corrected chi connectivity index (χ1v) is 11.0. The first kappa shape index (κ1) is 23.9. The van der Waals surface area contributed by atoms with Crippen molar-refractivity contribution < 1.29 is 14.3 Å². The Morgan fingerprint density at radius 3 is 2.10 bits per heavy atom. The van der Waals surface area contributed by atoms with E-state index in [1.54, 1.807) is 0 Å². The molecular formula is C26H37NO3. The van der Waals surface area contributed by atoms with Crippen molar-refractivity contribution in [1.82, 2.24) is 4.90 Å². The maximum Gasteiger partial charge on any atom is 0.308 e. The largest absolute Gasteiger partial charge is 0.494 e. The van der Waals surface area contributed by atoms with Gasteiger partial charge in [-0.1, -0.05) is 30.3 Å². The number of benzene rings is 2. The van der Waals surface area contributed by atoms with Crippen LogP contribution in [0.25, 0.3) is 0 Å². The van der Waals surface area contributed by atoms with Gasteiger partial charge in [0, 0.05) is 30.5 Å². The van der Waals surface area contributed by atoms with Gasteiger partial charge in [-0.15, -0.1) is 0 Å². The fraction of sp³-hybridized carbons (Fsp3) is 0.500. The zero-order valence-corrected chi connectivity index (χ0v) is 19.6. The summed E-state index contributed by atoms with van der Waals surface area (Å²) in [5.74, 6) is 1.26. The lowest BCUT2D eigenvalue weighted by Crippen LogP contribution is -2.38. The molecule has 0 saturated carbocycles. The van der Waals surface area contributed by atoms with Gasteiger partial charge in [0.1, 0.15) is 11.5 Å². The van der Waals surface area contributed by atoms with Crippen LogP contribution >= 0.6 is 0 Å². The first-order chi connectivity index (χ1) is 14.3. The summed E-state index contributed by atoms with van der Waals surface area (Å²) < 4.78 is 11.5. The van der Waals surface area contributed by atoms with Crippen LogP contribution in [0.15, 0.2) is 42.5 Å². The maximum atomic E-state index is 11.8. The van der Waals surface area contributed by atoms with Crippen LogP contribution in [0.3, 0.4) is 0 Å². The Hall–Kier alpha value is -2.33. The van der Waals surface area contributed by atoms with Crippen LogP contribution in [0, 0.1) is 6.92 Å². The van der Waals surface area contributed by atoms with Crippen molar-refractivity contribution in [3.63, 3.8) is 0 Å². The lowest BCUT2D eigenvalue weighted by atomic mass is 9.84. The molecule has 0 N–H and O–H groups in total. The van der Waals surface area contributed by atoms with E-state index >= 15 is 0 Å². The van der Waals surface area contributed by atoms with Crippen molar-refractivity contribution in [2.24, 2.45) is 0 Å². The summed E-state index contributed by atoms with van der Waals surface area (Å²) in [7, 11) is 0. The van der Waals surface area contributed by atoms with Crippen LogP contribution in [0.5, 0.6) is 11.5 Å². The number of nitrogens with zero attached hydrogens (tertiary/aromatic N) is 1. The van der Waals surface area contributed by atoms with Gasteiger partial charge in [0.15, 0.2) is 0 Å². The highest BCUT2D eigenvalue weighted by Gasteiger charge is 2.25. The second-order valence-electron chi connectivity index (χ2n) is 8.30. The summed E-state index contributed by atoms with van der Waals surface area (Å²) in [4.78, 5) is 14.3. The number of rotatable bonds is 10. The molecule has 0 aromatic heterocycles. The molecule has 0 radical (unpaired) electrons. The Kier molecular flexibility index (Phi) is 8.91. The fourth-order valence-electron chi connectivity index (χ4n) is 4.23. The molecule has 1 unspecified atom stereocenters. The third kappa shape index (κ3) is 6.09. The van der Waals surface area contributed by atoms with Crippen LogP contribution in [-0.2, 0) is 4.79 Å². The molecule has 4 nitrogen and oxygen atoms in total. The van der Waals surface area contributed by atoms with E-state index in [2.05, 4.69) is 63.8 Å².